The van der Waals surface area contributed by atoms with Gasteiger partial charge in [0.05, 0.1) is 25.4 Å². The molecule has 6 heteroatoms. The number of nitrogens with one attached hydrogen (secondary N) is 1. The molecule has 0 unspecified atom stereocenters. The molecule has 1 amide bonds. The van der Waals surface area contributed by atoms with E-state index in [1.54, 1.807) is 18.5 Å². The molecule has 0 saturated carbocycles. The van der Waals surface area contributed by atoms with Gasteiger partial charge in [-0.15, -0.1) is 0 Å². The molecule has 0 aliphatic carbocycles. The summed E-state index contributed by atoms with van der Waals surface area (Å²) in [6.07, 6.45) is 5.20. The summed E-state index contributed by atoms with van der Waals surface area (Å²) in [6, 6.07) is 11.8. The Balaban J connectivity index is 1.69. The highest BCUT2D eigenvalue weighted by Crippen LogP contribution is 2.17. The summed E-state index contributed by atoms with van der Waals surface area (Å²) >= 11 is 0. The Kier molecular flexibility index (Phi) is 5.09. The Morgan fingerprint density at radius 3 is 2.80 bits per heavy atom. The Morgan fingerprint density at radius 1 is 1.24 bits per heavy atom. The van der Waals surface area contributed by atoms with Gasteiger partial charge in [0.25, 0.3) is 5.91 Å². The van der Waals surface area contributed by atoms with Gasteiger partial charge in [-0.25, -0.2) is 4.98 Å². The molecule has 0 aliphatic heterocycles. The van der Waals surface area contributed by atoms with Gasteiger partial charge in [-0.1, -0.05) is 30.3 Å². The Morgan fingerprint density at radius 2 is 2.04 bits per heavy atom. The van der Waals surface area contributed by atoms with Gasteiger partial charge >= 0.3 is 0 Å². The van der Waals surface area contributed by atoms with Gasteiger partial charge in [0.1, 0.15) is 11.6 Å². The highest BCUT2D eigenvalue weighted by Gasteiger charge is 2.14. The molecule has 0 spiro atoms. The average Bonchev–Trinajstić information content (AvgIpc) is 3.07. The summed E-state index contributed by atoms with van der Waals surface area (Å²) in [6.45, 7) is 2.88. The van der Waals surface area contributed by atoms with E-state index in [2.05, 4.69) is 27.4 Å². The molecule has 6 nitrogen and oxygen atoms in total. The quantitative estimate of drug-likeness (QED) is 0.751. The number of pyridine rings is 1. The normalized spacial score (nSPS) is 10.5. The molecule has 3 aromatic rings. The number of nitrogens with zero attached hydrogens (tertiary/aromatic N) is 3. The van der Waals surface area contributed by atoms with E-state index in [0.717, 1.165) is 11.5 Å². The first-order valence-electron chi connectivity index (χ1n) is 8.00. The molecule has 2 aromatic heterocycles. The highest BCUT2D eigenvalue weighted by molar-refractivity contribution is 5.96. The van der Waals surface area contributed by atoms with Crippen molar-refractivity contribution in [2.45, 2.75) is 20.0 Å². The highest BCUT2D eigenvalue weighted by atomic mass is 16.5. The third-order valence-electron chi connectivity index (χ3n) is 3.87. The smallest absolute Gasteiger partial charge is 0.255 e. The number of aryl methyl sites for hydroxylation is 1. The van der Waals surface area contributed by atoms with Gasteiger partial charge < -0.3 is 14.6 Å². The minimum atomic E-state index is -0.211. The van der Waals surface area contributed by atoms with E-state index in [1.165, 1.54) is 12.7 Å². The Hall–Kier alpha value is -3.15. The second-order valence-corrected chi connectivity index (χ2v) is 5.67. The van der Waals surface area contributed by atoms with Gasteiger partial charge in [-0.2, -0.15) is 0 Å². The summed E-state index contributed by atoms with van der Waals surface area (Å²) in [5, 5.41) is 2.90. The lowest BCUT2D eigenvalue weighted by Gasteiger charge is -2.11. The zero-order valence-electron chi connectivity index (χ0n) is 14.3. The monoisotopic (exact) mass is 336 g/mol. The van der Waals surface area contributed by atoms with Crippen LogP contribution in [0.1, 0.15) is 27.4 Å². The van der Waals surface area contributed by atoms with Crippen molar-refractivity contribution in [3.8, 4) is 5.75 Å². The number of methoxy groups -OCH3 is 1. The molecule has 2 heterocycles. The van der Waals surface area contributed by atoms with Crippen molar-refractivity contribution in [3.63, 3.8) is 0 Å². The third kappa shape index (κ3) is 4.03. The van der Waals surface area contributed by atoms with Crippen LogP contribution < -0.4 is 10.1 Å². The number of hydrogen-bond donors (Lipinski definition) is 1. The van der Waals surface area contributed by atoms with Crippen LogP contribution in [0.25, 0.3) is 0 Å². The number of imidazole rings is 1. The number of carbonyl (C=O) groups excluding carboxylic acids is 1. The van der Waals surface area contributed by atoms with Crippen molar-refractivity contribution in [3.05, 3.63) is 77.6 Å². The topological polar surface area (TPSA) is 69.0 Å². The number of benzene rings is 1. The molecule has 0 fully saturated rings. The van der Waals surface area contributed by atoms with E-state index in [-0.39, 0.29) is 5.91 Å². The summed E-state index contributed by atoms with van der Waals surface area (Å²) < 4.78 is 7.24. The van der Waals surface area contributed by atoms with E-state index in [1.807, 2.05) is 35.9 Å². The summed E-state index contributed by atoms with van der Waals surface area (Å²) in [5.41, 5.74) is 2.41. The number of hydrogen-bond acceptors (Lipinski definition) is 4. The molecule has 25 heavy (non-hydrogen) atoms. The lowest BCUT2D eigenvalue weighted by atomic mass is 10.2. The fraction of sp³-hybridized carbons (Fsp3) is 0.211. The number of amides is 1. The maximum absolute atomic E-state index is 12.5. The zero-order valence-corrected chi connectivity index (χ0v) is 14.3. The Labute approximate surface area is 146 Å². The van der Waals surface area contributed by atoms with Crippen LogP contribution in [0.2, 0.25) is 0 Å². The van der Waals surface area contributed by atoms with Crippen molar-refractivity contribution in [2.75, 3.05) is 7.11 Å². The molecule has 0 atom stereocenters. The predicted molar refractivity (Wildman–Crippen MR) is 94.5 cm³/mol. The number of carbonyl (C=O) groups is 1. The van der Waals surface area contributed by atoms with E-state index < -0.39 is 0 Å². The van der Waals surface area contributed by atoms with Crippen molar-refractivity contribution < 1.29 is 9.53 Å². The van der Waals surface area contributed by atoms with Crippen LogP contribution in [0.15, 0.2) is 55.0 Å². The first-order valence-corrected chi connectivity index (χ1v) is 8.00. The largest absolute Gasteiger partial charge is 0.494 e. The third-order valence-corrected chi connectivity index (χ3v) is 3.87. The minimum absolute atomic E-state index is 0.211. The SMILES string of the molecule is COc1cnc(C)cc1C(=O)NCc1nccn1Cc1ccccc1. The van der Waals surface area contributed by atoms with Gasteiger partial charge in [0.2, 0.25) is 0 Å². The first-order chi connectivity index (χ1) is 12.2. The predicted octanol–water partition coefficient (Wildman–Crippen LogP) is 2.57. The maximum atomic E-state index is 12.5. The summed E-state index contributed by atoms with van der Waals surface area (Å²) in [7, 11) is 1.52. The number of rotatable bonds is 6. The van der Waals surface area contributed by atoms with Crippen molar-refractivity contribution >= 4 is 5.91 Å². The van der Waals surface area contributed by atoms with Gasteiger partial charge in [0, 0.05) is 24.6 Å². The summed E-state index contributed by atoms with van der Waals surface area (Å²) in [4.78, 5) is 21.0. The molecule has 128 valence electrons. The molecular weight excluding hydrogens is 316 g/mol. The van der Waals surface area contributed by atoms with Gasteiger partial charge in [-0.05, 0) is 18.6 Å². The Bertz CT molecular complexity index is 859. The average molecular weight is 336 g/mol. The van der Waals surface area contributed by atoms with Gasteiger partial charge in [-0.3, -0.25) is 9.78 Å². The first kappa shape index (κ1) is 16.7. The molecule has 3 rings (SSSR count). The van der Waals surface area contributed by atoms with Crippen LogP contribution in [-0.4, -0.2) is 27.6 Å². The zero-order chi connectivity index (χ0) is 17.6. The van der Waals surface area contributed by atoms with Crippen LogP contribution in [-0.2, 0) is 13.1 Å². The fourth-order valence-electron chi connectivity index (χ4n) is 2.57. The molecule has 0 aliphatic rings. The van der Waals surface area contributed by atoms with E-state index in [9.17, 15) is 4.79 Å². The van der Waals surface area contributed by atoms with Crippen molar-refractivity contribution in [1.82, 2.24) is 19.9 Å². The van der Waals surface area contributed by atoms with Crippen LogP contribution in [0.5, 0.6) is 5.75 Å². The molecular formula is C19H20N4O2. The lowest BCUT2D eigenvalue weighted by molar-refractivity contribution is 0.0946. The van der Waals surface area contributed by atoms with Crippen molar-refractivity contribution in [1.29, 1.82) is 0 Å². The van der Waals surface area contributed by atoms with Gasteiger partial charge in [0.15, 0.2) is 0 Å². The standard InChI is InChI=1S/C19H20N4O2/c1-14-10-16(17(25-2)11-21-14)19(24)22-12-18-20-8-9-23(18)13-15-6-4-3-5-7-15/h3-11H,12-13H2,1-2H3,(H,22,24). The minimum Gasteiger partial charge on any atom is -0.494 e. The van der Waals surface area contributed by atoms with E-state index in [4.69, 9.17) is 4.74 Å². The van der Waals surface area contributed by atoms with Crippen LogP contribution in [0, 0.1) is 6.92 Å². The molecule has 0 saturated heterocycles. The van der Waals surface area contributed by atoms with Crippen LogP contribution >= 0.6 is 0 Å². The number of aromatic nitrogens is 3. The van der Waals surface area contributed by atoms with Crippen LogP contribution in [0.4, 0.5) is 0 Å². The van der Waals surface area contributed by atoms with E-state index >= 15 is 0 Å². The molecule has 0 bridgehead atoms. The fourth-order valence-corrected chi connectivity index (χ4v) is 2.57. The number of ether oxygens (including phenoxy) is 1. The second-order valence-electron chi connectivity index (χ2n) is 5.67. The molecule has 1 aromatic carbocycles. The van der Waals surface area contributed by atoms with E-state index in [0.29, 0.717) is 24.4 Å². The van der Waals surface area contributed by atoms with Crippen molar-refractivity contribution in [2.24, 2.45) is 0 Å². The van der Waals surface area contributed by atoms with Crippen LogP contribution in [0.3, 0.4) is 0 Å². The maximum Gasteiger partial charge on any atom is 0.255 e. The molecule has 0 radical (unpaired) electrons. The summed E-state index contributed by atoms with van der Waals surface area (Å²) in [5.74, 6) is 1.04. The lowest BCUT2D eigenvalue weighted by Crippen LogP contribution is -2.25. The second kappa shape index (κ2) is 7.61. The molecule has 1 N–H and O–H groups in total.